The zero-order chi connectivity index (χ0) is 13.1. The van der Waals surface area contributed by atoms with Gasteiger partial charge in [0.05, 0.1) is 17.4 Å². The molecule has 2 heterocycles. The lowest BCUT2D eigenvalue weighted by atomic mass is 9.94. The molecule has 0 aromatic carbocycles. The van der Waals surface area contributed by atoms with E-state index >= 15 is 0 Å². The van der Waals surface area contributed by atoms with Crippen LogP contribution in [0.3, 0.4) is 0 Å². The van der Waals surface area contributed by atoms with Crippen molar-refractivity contribution >= 4 is 11.7 Å². The lowest BCUT2D eigenvalue weighted by molar-refractivity contribution is 0.0697. The molecule has 0 bridgehead atoms. The maximum atomic E-state index is 11.1. The quantitative estimate of drug-likeness (QED) is 0.850. The molecular formula is C13H19N3O2. The summed E-state index contributed by atoms with van der Waals surface area (Å²) in [5, 5.41) is 12.5. The van der Waals surface area contributed by atoms with Crippen molar-refractivity contribution in [2.75, 3.05) is 25.5 Å². The zero-order valence-electron chi connectivity index (χ0n) is 10.8. The summed E-state index contributed by atoms with van der Waals surface area (Å²) in [4.78, 5) is 17.4. The summed E-state index contributed by atoms with van der Waals surface area (Å²) in [5.41, 5.74) is 0.905. The average Bonchev–Trinajstić information content (AvgIpc) is 2.33. The molecule has 0 spiro atoms. The number of piperidine rings is 1. The van der Waals surface area contributed by atoms with E-state index in [0.29, 0.717) is 17.6 Å². The van der Waals surface area contributed by atoms with Crippen LogP contribution in [0.5, 0.6) is 0 Å². The predicted molar refractivity (Wildman–Crippen MR) is 69.9 cm³/mol. The van der Waals surface area contributed by atoms with Crippen LogP contribution in [0.4, 0.5) is 5.69 Å². The maximum absolute atomic E-state index is 11.1. The van der Waals surface area contributed by atoms with E-state index in [9.17, 15) is 4.79 Å². The number of anilines is 1. The second-order valence-corrected chi connectivity index (χ2v) is 5.01. The Hall–Kier alpha value is -1.62. The third-order valence-electron chi connectivity index (χ3n) is 3.50. The Morgan fingerprint density at radius 3 is 3.06 bits per heavy atom. The van der Waals surface area contributed by atoms with Crippen LogP contribution in [0.1, 0.15) is 23.7 Å². The number of aromatic carboxylic acids is 1. The highest BCUT2D eigenvalue weighted by molar-refractivity contribution is 5.93. The van der Waals surface area contributed by atoms with Crippen LogP contribution in [0.15, 0.2) is 18.5 Å². The van der Waals surface area contributed by atoms with Gasteiger partial charge in [-0.05, 0) is 32.0 Å². The van der Waals surface area contributed by atoms with Gasteiger partial charge in [-0.1, -0.05) is 6.92 Å². The zero-order valence-corrected chi connectivity index (χ0v) is 10.8. The number of nitrogens with one attached hydrogen (secondary N) is 1. The normalized spacial score (nSPS) is 24.8. The van der Waals surface area contributed by atoms with Crippen molar-refractivity contribution in [2.24, 2.45) is 5.92 Å². The van der Waals surface area contributed by atoms with Crippen LogP contribution in [0, 0.1) is 5.92 Å². The van der Waals surface area contributed by atoms with Crippen LogP contribution in [0.25, 0.3) is 0 Å². The largest absolute Gasteiger partial charge is 0.478 e. The molecule has 1 aromatic heterocycles. The van der Waals surface area contributed by atoms with Gasteiger partial charge < -0.3 is 15.3 Å². The first-order valence-corrected chi connectivity index (χ1v) is 6.20. The number of hydrogen-bond acceptors (Lipinski definition) is 4. The molecule has 2 N–H and O–H groups in total. The fourth-order valence-corrected chi connectivity index (χ4v) is 2.46. The van der Waals surface area contributed by atoms with Gasteiger partial charge in [-0.3, -0.25) is 4.98 Å². The number of nitrogens with zero attached hydrogens (tertiary/aromatic N) is 2. The van der Waals surface area contributed by atoms with E-state index in [0.717, 1.165) is 19.5 Å². The van der Waals surface area contributed by atoms with E-state index in [1.807, 2.05) is 0 Å². The molecular weight excluding hydrogens is 230 g/mol. The monoisotopic (exact) mass is 249 g/mol. The number of carbonyl (C=O) groups is 1. The summed E-state index contributed by atoms with van der Waals surface area (Å²) < 4.78 is 0. The molecule has 1 aliphatic rings. The number of likely N-dealkylation sites (tertiary alicyclic amines) is 1. The topological polar surface area (TPSA) is 65.5 Å². The second kappa shape index (κ2) is 5.35. The van der Waals surface area contributed by atoms with E-state index < -0.39 is 5.97 Å². The van der Waals surface area contributed by atoms with Crippen molar-refractivity contribution in [2.45, 2.75) is 19.4 Å². The summed E-state index contributed by atoms with van der Waals surface area (Å²) in [7, 11) is 2.11. The number of carboxylic acids is 1. The van der Waals surface area contributed by atoms with E-state index in [2.05, 4.69) is 29.2 Å². The molecule has 0 radical (unpaired) electrons. The van der Waals surface area contributed by atoms with Crippen LogP contribution < -0.4 is 5.32 Å². The van der Waals surface area contributed by atoms with E-state index in [1.165, 1.54) is 12.3 Å². The highest BCUT2D eigenvalue weighted by atomic mass is 16.4. The summed E-state index contributed by atoms with van der Waals surface area (Å²) in [5.74, 6) is -0.425. The molecule has 2 rings (SSSR count). The first-order valence-electron chi connectivity index (χ1n) is 6.20. The number of carboxylic acid groups (broad SMARTS) is 1. The molecule has 2 atom stereocenters. The van der Waals surface area contributed by atoms with Gasteiger partial charge in [0.1, 0.15) is 0 Å². The molecule has 1 aromatic rings. The van der Waals surface area contributed by atoms with Gasteiger partial charge in [-0.2, -0.15) is 0 Å². The third kappa shape index (κ3) is 2.79. The lowest BCUT2D eigenvalue weighted by Crippen LogP contribution is -2.43. The average molecular weight is 249 g/mol. The maximum Gasteiger partial charge on any atom is 0.337 e. The molecule has 0 aliphatic carbocycles. The minimum Gasteiger partial charge on any atom is -0.478 e. The fourth-order valence-electron chi connectivity index (χ4n) is 2.46. The molecule has 18 heavy (non-hydrogen) atoms. The molecule has 1 saturated heterocycles. The summed E-state index contributed by atoms with van der Waals surface area (Å²) in [6, 6.07) is 1.84. The van der Waals surface area contributed by atoms with Crippen LogP contribution in [-0.4, -0.2) is 47.1 Å². The van der Waals surface area contributed by atoms with E-state index in [4.69, 9.17) is 5.11 Å². The summed E-state index contributed by atoms with van der Waals surface area (Å²) in [6.45, 7) is 4.25. The standard InChI is InChI=1S/C13H19N3O2/c1-9-8-16(2)6-4-11(9)15-12-7-14-5-3-10(12)13(17)18/h3,5,7,9,11,15H,4,6,8H2,1-2H3,(H,17,18). The Labute approximate surface area is 107 Å². The van der Waals surface area contributed by atoms with Gasteiger partial charge in [0.2, 0.25) is 0 Å². The molecule has 0 amide bonds. The Morgan fingerprint density at radius 2 is 2.39 bits per heavy atom. The molecule has 2 unspecified atom stereocenters. The van der Waals surface area contributed by atoms with Crippen molar-refractivity contribution in [3.63, 3.8) is 0 Å². The first kappa shape index (κ1) is 12.8. The minimum atomic E-state index is -0.916. The number of aromatic nitrogens is 1. The molecule has 1 fully saturated rings. The predicted octanol–water partition coefficient (Wildman–Crippen LogP) is 1.53. The summed E-state index contributed by atoms with van der Waals surface area (Å²) >= 11 is 0. The van der Waals surface area contributed by atoms with Crippen molar-refractivity contribution in [3.05, 3.63) is 24.0 Å². The molecule has 1 aliphatic heterocycles. The Balaban J connectivity index is 2.12. The number of hydrogen-bond donors (Lipinski definition) is 2. The van der Waals surface area contributed by atoms with Gasteiger partial charge >= 0.3 is 5.97 Å². The van der Waals surface area contributed by atoms with Crippen molar-refractivity contribution in [1.29, 1.82) is 0 Å². The smallest absolute Gasteiger partial charge is 0.337 e. The van der Waals surface area contributed by atoms with Crippen LogP contribution in [0.2, 0.25) is 0 Å². The van der Waals surface area contributed by atoms with Crippen molar-refractivity contribution in [3.8, 4) is 0 Å². The SMILES string of the molecule is CC1CN(C)CCC1Nc1cnccc1C(=O)O. The van der Waals surface area contributed by atoms with E-state index in [-0.39, 0.29) is 5.56 Å². The van der Waals surface area contributed by atoms with E-state index in [1.54, 1.807) is 6.20 Å². The lowest BCUT2D eigenvalue weighted by Gasteiger charge is -2.35. The van der Waals surface area contributed by atoms with Gasteiger partial charge in [0, 0.05) is 18.8 Å². The van der Waals surface area contributed by atoms with Crippen molar-refractivity contribution in [1.82, 2.24) is 9.88 Å². The van der Waals surface area contributed by atoms with Gasteiger partial charge in [-0.15, -0.1) is 0 Å². The number of rotatable bonds is 3. The molecule has 98 valence electrons. The Morgan fingerprint density at radius 1 is 1.61 bits per heavy atom. The third-order valence-corrected chi connectivity index (χ3v) is 3.50. The molecule has 0 saturated carbocycles. The van der Waals surface area contributed by atoms with Crippen LogP contribution in [-0.2, 0) is 0 Å². The van der Waals surface area contributed by atoms with Gasteiger partial charge in [0.15, 0.2) is 0 Å². The second-order valence-electron chi connectivity index (χ2n) is 5.01. The number of pyridine rings is 1. The highest BCUT2D eigenvalue weighted by Gasteiger charge is 2.25. The van der Waals surface area contributed by atoms with Crippen molar-refractivity contribution < 1.29 is 9.90 Å². The minimum absolute atomic E-state index is 0.288. The summed E-state index contributed by atoms with van der Waals surface area (Å²) in [6.07, 6.45) is 4.12. The Bertz CT molecular complexity index is 436. The van der Waals surface area contributed by atoms with Gasteiger partial charge in [-0.25, -0.2) is 4.79 Å². The fraction of sp³-hybridized carbons (Fsp3) is 0.538. The first-order chi connectivity index (χ1) is 8.58. The molecule has 5 nitrogen and oxygen atoms in total. The van der Waals surface area contributed by atoms with Crippen LogP contribution >= 0.6 is 0 Å². The highest BCUT2D eigenvalue weighted by Crippen LogP contribution is 2.22. The molecule has 5 heteroatoms. The Kier molecular flexibility index (Phi) is 3.81. The van der Waals surface area contributed by atoms with Gasteiger partial charge in [0.25, 0.3) is 0 Å².